The van der Waals surface area contributed by atoms with E-state index in [2.05, 4.69) is 10.6 Å². The zero-order chi connectivity index (χ0) is 30.4. The van der Waals surface area contributed by atoms with Crippen LogP contribution in [0.15, 0.2) is 77.7 Å². The van der Waals surface area contributed by atoms with Crippen molar-refractivity contribution in [1.29, 1.82) is 0 Å². The van der Waals surface area contributed by atoms with Crippen molar-refractivity contribution in [2.45, 2.75) is 37.3 Å². The molecule has 3 amide bonds. The lowest BCUT2D eigenvalue weighted by Gasteiger charge is -2.33. The number of likely N-dealkylation sites (N-methyl/N-ethyl adjacent to an activating group) is 1. The summed E-state index contributed by atoms with van der Waals surface area (Å²) in [5, 5.41) is 15.4. The number of rotatable bonds is 8. The number of sulfonamides is 1. The van der Waals surface area contributed by atoms with Gasteiger partial charge in [-0.15, -0.1) is 0 Å². The average Bonchev–Trinajstić information content (AvgIpc) is 3.00. The second-order valence-electron chi connectivity index (χ2n) is 10.4. The summed E-state index contributed by atoms with van der Waals surface area (Å²) in [4.78, 5) is 27.5. The highest BCUT2D eigenvalue weighted by Crippen LogP contribution is 2.30. The number of carbonyl (C=O) groups excluding carboxylic acids is 2. The van der Waals surface area contributed by atoms with Crippen LogP contribution in [0.1, 0.15) is 19.4 Å². The fourth-order valence-electron chi connectivity index (χ4n) is 4.68. The number of ether oxygens (including phenoxy) is 1. The average molecular weight is 599 g/mol. The van der Waals surface area contributed by atoms with Gasteiger partial charge in [0.05, 0.1) is 30.5 Å². The molecule has 0 aromatic heterocycles. The minimum Gasteiger partial charge on any atom is -0.488 e. The second-order valence-corrected chi connectivity index (χ2v) is 12.4. The summed E-state index contributed by atoms with van der Waals surface area (Å²) in [6, 6.07) is 17.5. The number of nitrogens with one attached hydrogen (secondary N) is 2. The first-order chi connectivity index (χ1) is 20.0. The summed E-state index contributed by atoms with van der Waals surface area (Å²) in [6.07, 6.45) is -0.748. The van der Waals surface area contributed by atoms with Crippen LogP contribution in [0, 0.1) is 11.7 Å². The number of para-hydroxylation sites is 1. The van der Waals surface area contributed by atoms with Gasteiger partial charge in [-0.25, -0.2) is 17.6 Å². The third-order valence-electron chi connectivity index (χ3n) is 7.16. The Morgan fingerprint density at radius 2 is 1.76 bits per heavy atom. The number of aliphatic hydroxyl groups excluding tert-OH is 1. The van der Waals surface area contributed by atoms with Gasteiger partial charge in [0, 0.05) is 36.4 Å². The quantitative estimate of drug-likeness (QED) is 0.361. The number of aliphatic hydroxyl groups is 1. The number of halogens is 1. The van der Waals surface area contributed by atoms with Gasteiger partial charge in [0.25, 0.3) is 0 Å². The molecule has 1 aliphatic rings. The number of carbonyl (C=O) groups is 2. The van der Waals surface area contributed by atoms with Crippen LogP contribution >= 0.6 is 0 Å². The molecule has 0 spiro atoms. The first kappa shape index (κ1) is 30.9. The number of fused-ring (bicyclic) bond motifs is 1. The Hall–Kier alpha value is -4.00. The molecule has 3 aromatic carbocycles. The van der Waals surface area contributed by atoms with Crippen molar-refractivity contribution < 1.29 is 32.2 Å². The number of amides is 3. The van der Waals surface area contributed by atoms with Gasteiger partial charge in [0.1, 0.15) is 17.7 Å². The number of anilines is 2. The van der Waals surface area contributed by atoms with Crippen LogP contribution in [0.3, 0.4) is 0 Å². The number of nitrogens with zero attached hydrogens (tertiary/aromatic N) is 2. The van der Waals surface area contributed by atoms with Crippen LogP contribution in [0.5, 0.6) is 5.75 Å². The molecule has 42 heavy (non-hydrogen) atoms. The van der Waals surface area contributed by atoms with Gasteiger partial charge in [-0.3, -0.25) is 4.79 Å². The molecule has 224 valence electrons. The van der Waals surface area contributed by atoms with Gasteiger partial charge in [-0.2, -0.15) is 4.31 Å². The third kappa shape index (κ3) is 7.44. The monoisotopic (exact) mass is 598 g/mol. The Morgan fingerprint density at radius 3 is 2.43 bits per heavy atom. The van der Waals surface area contributed by atoms with E-state index in [1.807, 2.05) is 13.0 Å². The molecule has 10 nitrogen and oxygen atoms in total. The van der Waals surface area contributed by atoms with E-state index in [0.29, 0.717) is 22.7 Å². The lowest BCUT2D eigenvalue weighted by molar-refractivity contribution is -0.134. The first-order valence-corrected chi connectivity index (χ1v) is 15.0. The summed E-state index contributed by atoms with van der Waals surface area (Å²) in [5.41, 5.74) is 1.54. The zero-order valence-electron chi connectivity index (χ0n) is 23.7. The molecule has 12 heteroatoms. The fraction of sp³-hybridized carbons (Fsp3) is 0.333. The van der Waals surface area contributed by atoms with Crippen LogP contribution in [0.4, 0.5) is 20.6 Å². The molecule has 0 saturated heterocycles. The van der Waals surface area contributed by atoms with Crippen molar-refractivity contribution >= 4 is 33.3 Å². The van der Waals surface area contributed by atoms with Crippen LogP contribution in [0.2, 0.25) is 0 Å². The number of urea groups is 1. The topological polar surface area (TPSA) is 128 Å². The Labute approximate surface area is 245 Å². The van der Waals surface area contributed by atoms with Crippen molar-refractivity contribution in [2.24, 2.45) is 5.92 Å². The lowest BCUT2D eigenvalue weighted by Crippen LogP contribution is -2.48. The van der Waals surface area contributed by atoms with E-state index < -0.39 is 34.0 Å². The van der Waals surface area contributed by atoms with Crippen molar-refractivity contribution in [3.63, 3.8) is 0 Å². The highest BCUT2D eigenvalue weighted by atomic mass is 32.2. The Kier molecular flexibility index (Phi) is 9.81. The maximum absolute atomic E-state index is 13.4. The van der Waals surface area contributed by atoms with Gasteiger partial charge in [-0.05, 0) is 61.5 Å². The Bertz CT molecular complexity index is 1500. The van der Waals surface area contributed by atoms with Crippen molar-refractivity contribution in [2.75, 3.05) is 37.4 Å². The molecule has 0 bridgehead atoms. The van der Waals surface area contributed by atoms with Crippen LogP contribution in [-0.2, 0) is 21.2 Å². The molecule has 1 heterocycles. The predicted octanol–water partition coefficient (Wildman–Crippen LogP) is 3.94. The maximum Gasteiger partial charge on any atom is 0.323 e. The van der Waals surface area contributed by atoms with Crippen molar-refractivity contribution in [3.05, 3.63) is 84.2 Å². The standard InChI is InChI=1S/C30H35FN4O6S/c1-20-17-35(21(2)19-36)29(37)16-22-15-25(33-30(38)32-24-7-5-4-6-8-24)11-14-27(22)41-28(20)18-34(3)42(39,40)26-12-9-23(31)10-13-26/h4-15,20-21,28,36H,16-19H2,1-3H3,(H2,32,33,38)/t20-,21-,28+/m0/s1. The van der Waals surface area contributed by atoms with E-state index in [1.165, 1.54) is 19.2 Å². The van der Waals surface area contributed by atoms with E-state index in [9.17, 15) is 27.5 Å². The van der Waals surface area contributed by atoms with E-state index in [4.69, 9.17) is 4.74 Å². The van der Waals surface area contributed by atoms with Gasteiger partial charge in [0.2, 0.25) is 15.9 Å². The lowest BCUT2D eigenvalue weighted by atomic mass is 10.0. The van der Waals surface area contributed by atoms with Crippen molar-refractivity contribution in [3.8, 4) is 5.75 Å². The molecule has 3 N–H and O–H groups in total. The third-order valence-corrected chi connectivity index (χ3v) is 9.00. The number of hydrogen-bond acceptors (Lipinski definition) is 6. The largest absolute Gasteiger partial charge is 0.488 e. The smallest absolute Gasteiger partial charge is 0.323 e. The summed E-state index contributed by atoms with van der Waals surface area (Å²) in [6.45, 7) is 3.49. The number of hydrogen-bond donors (Lipinski definition) is 3. The molecule has 1 aliphatic heterocycles. The number of benzene rings is 3. The highest BCUT2D eigenvalue weighted by Gasteiger charge is 2.33. The van der Waals surface area contributed by atoms with Crippen LogP contribution < -0.4 is 15.4 Å². The summed E-state index contributed by atoms with van der Waals surface area (Å²) in [7, 11) is -2.55. The van der Waals surface area contributed by atoms with Crippen LogP contribution in [0.25, 0.3) is 0 Å². The van der Waals surface area contributed by atoms with Gasteiger partial charge in [-0.1, -0.05) is 25.1 Å². The summed E-state index contributed by atoms with van der Waals surface area (Å²) < 4.78 is 47.4. The predicted molar refractivity (Wildman–Crippen MR) is 157 cm³/mol. The molecule has 3 aromatic rings. The second kappa shape index (κ2) is 13.3. The SMILES string of the molecule is C[C@H]1CN([C@@H](C)CO)C(=O)Cc2cc(NC(=O)Nc3ccccc3)ccc2O[C@@H]1CN(C)S(=O)(=O)c1ccc(F)cc1. The molecule has 4 rings (SSSR count). The molecule has 0 radical (unpaired) electrons. The maximum atomic E-state index is 13.4. The van der Waals surface area contributed by atoms with Crippen LogP contribution in [-0.4, -0.2) is 73.6 Å². The highest BCUT2D eigenvalue weighted by molar-refractivity contribution is 7.89. The molecular weight excluding hydrogens is 563 g/mol. The molecule has 3 atom stereocenters. The van der Waals surface area contributed by atoms with E-state index in [-0.39, 0.29) is 42.8 Å². The van der Waals surface area contributed by atoms with Gasteiger partial charge >= 0.3 is 6.03 Å². The zero-order valence-corrected chi connectivity index (χ0v) is 24.5. The Balaban J connectivity index is 1.62. The minimum absolute atomic E-state index is 0.0569. The summed E-state index contributed by atoms with van der Waals surface area (Å²) >= 11 is 0. The van der Waals surface area contributed by atoms with Gasteiger partial charge in [0.15, 0.2) is 0 Å². The van der Waals surface area contributed by atoms with E-state index >= 15 is 0 Å². The molecule has 0 fully saturated rings. The first-order valence-electron chi connectivity index (χ1n) is 13.5. The molecular formula is C30H35FN4O6S. The van der Waals surface area contributed by atoms with Gasteiger partial charge < -0.3 is 25.4 Å². The van der Waals surface area contributed by atoms with E-state index in [0.717, 1.165) is 16.4 Å². The minimum atomic E-state index is -3.97. The fourth-order valence-corrected chi connectivity index (χ4v) is 5.86. The van der Waals surface area contributed by atoms with E-state index in [1.54, 1.807) is 54.3 Å². The molecule has 0 saturated carbocycles. The molecule has 0 unspecified atom stereocenters. The normalized spacial score (nSPS) is 18.2. The Morgan fingerprint density at radius 1 is 1.10 bits per heavy atom. The summed E-state index contributed by atoms with van der Waals surface area (Å²) in [5.74, 6) is -0.753. The molecule has 0 aliphatic carbocycles. The van der Waals surface area contributed by atoms with Crippen molar-refractivity contribution in [1.82, 2.24) is 9.21 Å².